The molecule has 3 nitrogen and oxygen atoms in total. The van der Waals surface area contributed by atoms with E-state index in [1.165, 1.54) is 38.2 Å². The Bertz CT molecular complexity index is 2200. The number of aromatic nitrogens is 2. The van der Waals surface area contributed by atoms with Crippen LogP contribution in [0.25, 0.3) is 71.0 Å². The van der Waals surface area contributed by atoms with E-state index in [1.807, 2.05) is 31.2 Å². The van der Waals surface area contributed by atoms with Crippen molar-refractivity contribution in [3.05, 3.63) is 131 Å². The molecule has 2 aromatic heterocycles. The fourth-order valence-corrected chi connectivity index (χ4v) is 6.30. The fraction of sp³-hybridized carbons (Fsp3) is 0.0286. The number of hydrogen-bond donors (Lipinski definition) is 0. The summed E-state index contributed by atoms with van der Waals surface area (Å²) in [5.74, 6) is 0.715. The topological polar surface area (TPSA) is 34.4 Å². The largest absolute Gasteiger partial charge is 0.268 e. The highest BCUT2D eigenvalue weighted by Gasteiger charge is 2.20. The lowest BCUT2D eigenvalue weighted by Crippen LogP contribution is -2.14. The van der Waals surface area contributed by atoms with Crippen LogP contribution in [0.1, 0.15) is 5.82 Å². The van der Waals surface area contributed by atoms with Crippen molar-refractivity contribution >= 4 is 48.7 Å². The summed E-state index contributed by atoms with van der Waals surface area (Å²) in [6.45, 7) is 1.91. The summed E-state index contributed by atoms with van der Waals surface area (Å²) >= 11 is 0. The van der Waals surface area contributed by atoms with Crippen LogP contribution in [0.5, 0.6) is 0 Å². The Hall–Kier alpha value is -5.02. The molecule has 0 saturated heterocycles. The summed E-state index contributed by atoms with van der Waals surface area (Å²) in [4.78, 5) is 18.2. The molecule has 0 atom stereocenters. The van der Waals surface area contributed by atoms with Gasteiger partial charge in [0.2, 0.25) is 0 Å². The summed E-state index contributed by atoms with van der Waals surface area (Å²) in [5, 5.41) is 7.58. The normalized spacial score (nSPS) is 11.9. The van der Waals surface area contributed by atoms with Crippen molar-refractivity contribution in [3.8, 4) is 22.3 Å². The first-order chi connectivity index (χ1) is 18.7. The molecule has 178 valence electrons. The van der Waals surface area contributed by atoms with Crippen molar-refractivity contribution in [2.45, 2.75) is 6.92 Å². The van der Waals surface area contributed by atoms with Crippen molar-refractivity contribution in [1.29, 1.82) is 0 Å². The van der Waals surface area contributed by atoms with E-state index in [0.717, 1.165) is 27.4 Å². The standard InChI is InChI=1S/C35H22N2O/c1-21-36-31-20-23(19-30-24-13-5-10-18-29(24)35(38)37(21)34(30)31)33-27-16-8-6-14-25(27)32(22-11-3-2-4-12-22)26-15-7-9-17-28(26)33/h2-20H,1H3. The lowest BCUT2D eigenvalue weighted by molar-refractivity contribution is 1.02. The highest BCUT2D eigenvalue weighted by atomic mass is 16.1. The average molecular weight is 487 g/mol. The molecule has 8 aromatic rings. The van der Waals surface area contributed by atoms with E-state index >= 15 is 0 Å². The van der Waals surface area contributed by atoms with Gasteiger partial charge < -0.3 is 0 Å². The Morgan fingerprint density at radius 2 is 1.03 bits per heavy atom. The number of imidazole rings is 1. The molecule has 3 heteroatoms. The predicted octanol–water partition coefficient (Wildman–Crippen LogP) is 8.39. The lowest BCUT2D eigenvalue weighted by atomic mass is 9.85. The molecule has 0 unspecified atom stereocenters. The molecule has 6 aromatic carbocycles. The molecular weight excluding hydrogens is 464 g/mol. The van der Waals surface area contributed by atoms with Crippen LogP contribution in [0, 0.1) is 6.92 Å². The number of pyridine rings is 1. The second kappa shape index (κ2) is 7.74. The lowest BCUT2D eigenvalue weighted by Gasteiger charge is -2.18. The Morgan fingerprint density at radius 1 is 0.526 bits per heavy atom. The summed E-state index contributed by atoms with van der Waals surface area (Å²) in [6.07, 6.45) is 0. The number of nitrogens with zero attached hydrogens (tertiary/aromatic N) is 2. The van der Waals surface area contributed by atoms with Crippen LogP contribution in [-0.4, -0.2) is 9.38 Å². The van der Waals surface area contributed by atoms with E-state index in [2.05, 4.69) is 91.0 Å². The van der Waals surface area contributed by atoms with E-state index in [-0.39, 0.29) is 5.56 Å². The van der Waals surface area contributed by atoms with Gasteiger partial charge in [-0.25, -0.2) is 4.98 Å². The third-order valence-corrected chi connectivity index (χ3v) is 7.85. The van der Waals surface area contributed by atoms with Gasteiger partial charge in [0.05, 0.1) is 11.0 Å². The molecule has 0 amide bonds. The van der Waals surface area contributed by atoms with Gasteiger partial charge in [-0.15, -0.1) is 0 Å². The monoisotopic (exact) mass is 486 g/mol. The maximum atomic E-state index is 13.4. The molecule has 0 aliphatic heterocycles. The molecule has 0 radical (unpaired) electrons. The number of fused-ring (bicyclic) bond motifs is 4. The molecule has 0 saturated carbocycles. The van der Waals surface area contributed by atoms with Gasteiger partial charge in [0.15, 0.2) is 0 Å². The highest BCUT2D eigenvalue weighted by Crippen LogP contribution is 2.44. The molecule has 0 N–H and O–H groups in total. The zero-order valence-electron chi connectivity index (χ0n) is 20.8. The minimum absolute atomic E-state index is 0.0102. The highest BCUT2D eigenvalue weighted by molar-refractivity contribution is 6.23. The van der Waals surface area contributed by atoms with E-state index in [4.69, 9.17) is 4.98 Å². The molecule has 0 aliphatic rings. The Balaban J connectivity index is 1.58. The van der Waals surface area contributed by atoms with Gasteiger partial charge in [-0.05, 0) is 74.3 Å². The van der Waals surface area contributed by atoms with Gasteiger partial charge in [0.25, 0.3) is 5.56 Å². The second-order valence-electron chi connectivity index (χ2n) is 9.94. The van der Waals surface area contributed by atoms with E-state index < -0.39 is 0 Å². The quantitative estimate of drug-likeness (QED) is 0.182. The average Bonchev–Trinajstić information content (AvgIpc) is 3.30. The molecule has 8 rings (SSSR count). The minimum Gasteiger partial charge on any atom is -0.268 e. The minimum atomic E-state index is -0.0102. The van der Waals surface area contributed by atoms with Crippen molar-refractivity contribution in [1.82, 2.24) is 9.38 Å². The summed E-state index contributed by atoms with van der Waals surface area (Å²) in [5.41, 5.74) is 6.48. The number of hydrogen-bond acceptors (Lipinski definition) is 2. The number of benzene rings is 6. The van der Waals surface area contributed by atoms with Crippen LogP contribution in [0.3, 0.4) is 0 Å². The molecule has 0 bridgehead atoms. The van der Waals surface area contributed by atoms with Gasteiger partial charge in [0, 0.05) is 10.8 Å². The summed E-state index contributed by atoms with van der Waals surface area (Å²) in [7, 11) is 0. The van der Waals surface area contributed by atoms with Crippen LogP contribution >= 0.6 is 0 Å². The SMILES string of the molecule is Cc1nc2cc(-c3c4ccccc4c(-c4ccccc4)c4ccccc34)cc3c4ccccc4c(=O)n1c23. The van der Waals surface area contributed by atoms with Crippen LogP contribution in [0.2, 0.25) is 0 Å². The summed E-state index contributed by atoms with van der Waals surface area (Å²) in [6, 6.07) is 40.3. The van der Waals surface area contributed by atoms with Crippen molar-refractivity contribution in [3.63, 3.8) is 0 Å². The number of aryl methyl sites for hydroxylation is 1. The van der Waals surface area contributed by atoms with Crippen LogP contribution < -0.4 is 5.56 Å². The molecule has 0 fully saturated rings. The molecule has 0 aliphatic carbocycles. The smallest absolute Gasteiger partial charge is 0.264 e. The zero-order chi connectivity index (χ0) is 25.4. The first kappa shape index (κ1) is 21.1. The summed E-state index contributed by atoms with van der Waals surface area (Å²) < 4.78 is 1.77. The first-order valence-electron chi connectivity index (χ1n) is 12.9. The Kier molecular flexibility index (Phi) is 4.30. The molecule has 0 spiro atoms. The van der Waals surface area contributed by atoms with Crippen molar-refractivity contribution in [2.24, 2.45) is 0 Å². The Morgan fingerprint density at radius 3 is 1.63 bits per heavy atom. The first-order valence-corrected chi connectivity index (χ1v) is 12.9. The second-order valence-corrected chi connectivity index (χ2v) is 9.94. The van der Waals surface area contributed by atoms with Gasteiger partial charge in [-0.3, -0.25) is 9.20 Å². The third-order valence-electron chi connectivity index (χ3n) is 7.85. The maximum absolute atomic E-state index is 13.4. The van der Waals surface area contributed by atoms with Gasteiger partial charge in [0.1, 0.15) is 5.82 Å². The maximum Gasteiger partial charge on any atom is 0.264 e. The predicted molar refractivity (Wildman–Crippen MR) is 158 cm³/mol. The molecule has 2 heterocycles. The number of rotatable bonds is 2. The van der Waals surface area contributed by atoms with Gasteiger partial charge in [-0.1, -0.05) is 97.1 Å². The molecular formula is C35H22N2O. The molecule has 38 heavy (non-hydrogen) atoms. The van der Waals surface area contributed by atoms with Crippen LogP contribution in [-0.2, 0) is 0 Å². The van der Waals surface area contributed by atoms with Crippen molar-refractivity contribution < 1.29 is 0 Å². The van der Waals surface area contributed by atoms with E-state index in [0.29, 0.717) is 11.2 Å². The zero-order valence-corrected chi connectivity index (χ0v) is 20.8. The fourth-order valence-electron chi connectivity index (χ4n) is 6.30. The van der Waals surface area contributed by atoms with E-state index in [1.54, 1.807) is 4.40 Å². The van der Waals surface area contributed by atoms with E-state index in [9.17, 15) is 4.79 Å². The van der Waals surface area contributed by atoms with Gasteiger partial charge >= 0.3 is 0 Å². The van der Waals surface area contributed by atoms with Gasteiger partial charge in [-0.2, -0.15) is 0 Å². The van der Waals surface area contributed by atoms with Crippen molar-refractivity contribution in [2.75, 3.05) is 0 Å². The van der Waals surface area contributed by atoms with Crippen LogP contribution in [0.4, 0.5) is 0 Å². The third kappa shape index (κ3) is 2.79. The Labute approximate surface area is 218 Å². The van der Waals surface area contributed by atoms with Crippen LogP contribution in [0.15, 0.2) is 120 Å².